The van der Waals surface area contributed by atoms with Crippen LogP contribution in [0.5, 0.6) is 5.75 Å². The molecule has 1 saturated heterocycles. The van der Waals surface area contributed by atoms with Crippen molar-refractivity contribution in [3.8, 4) is 5.75 Å². The molecule has 0 radical (unpaired) electrons. The van der Waals surface area contributed by atoms with Crippen LogP contribution in [0.4, 0.5) is 14.5 Å². The highest BCUT2D eigenvalue weighted by molar-refractivity contribution is 8.02. The molecule has 1 N–H and O–H groups in total. The Morgan fingerprint density at radius 1 is 1.15 bits per heavy atom. The maximum atomic E-state index is 12.6. The summed E-state index contributed by atoms with van der Waals surface area (Å²) in [5, 5.41) is 2.63. The number of nitrogens with one attached hydrogen (secondary N) is 1. The molecule has 3 rings (SSSR count). The molecule has 0 aromatic heterocycles. The standard InChI is InChI=1S/C18H17F2NO4S2/c19-18(20)25-13-7-5-12(6-8-13)21-17(22)15-3-1-2-4-16(15)26-14-9-10-27(23,24)11-14/h1-8,14,18H,9-11H2,(H,21,22)/t14-/m1/s1. The van der Waals surface area contributed by atoms with E-state index in [2.05, 4.69) is 10.1 Å². The summed E-state index contributed by atoms with van der Waals surface area (Å²) in [6, 6.07) is 12.6. The molecule has 0 bridgehead atoms. The van der Waals surface area contributed by atoms with Crippen LogP contribution in [0.3, 0.4) is 0 Å². The van der Waals surface area contributed by atoms with E-state index in [-0.39, 0.29) is 28.4 Å². The third-order valence-corrected chi connectivity index (χ3v) is 7.28. The van der Waals surface area contributed by atoms with Gasteiger partial charge in [0.05, 0.1) is 17.1 Å². The first-order valence-corrected chi connectivity index (χ1v) is 10.8. The highest BCUT2D eigenvalue weighted by Gasteiger charge is 2.29. The number of ether oxygens (including phenoxy) is 1. The molecule has 0 spiro atoms. The number of carbonyl (C=O) groups excluding carboxylic acids is 1. The lowest BCUT2D eigenvalue weighted by Crippen LogP contribution is -2.14. The SMILES string of the molecule is O=C(Nc1ccc(OC(F)F)cc1)c1ccccc1S[C@@H]1CCS(=O)(=O)C1. The number of halogens is 2. The molecule has 144 valence electrons. The van der Waals surface area contributed by atoms with Crippen LogP contribution in [0, 0.1) is 0 Å². The van der Waals surface area contributed by atoms with Crippen LogP contribution in [0.25, 0.3) is 0 Å². The van der Waals surface area contributed by atoms with E-state index in [0.717, 1.165) is 0 Å². The van der Waals surface area contributed by atoms with E-state index in [1.807, 2.05) is 0 Å². The molecule has 2 aromatic rings. The fourth-order valence-corrected chi connectivity index (χ4v) is 6.33. The first-order valence-electron chi connectivity index (χ1n) is 8.15. The second-order valence-corrected chi connectivity index (χ2v) is 9.57. The van der Waals surface area contributed by atoms with E-state index in [0.29, 0.717) is 22.6 Å². The van der Waals surface area contributed by atoms with E-state index >= 15 is 0 Å². The topological polar surface area (TPSA) is 72.5 Å². The Morgan fingerprint density at radius 2 is 1.85 bits per heavy atom. The Balaban J connectivity index is 1.70. The summed E-state index contributed by atoms with van der Waals surface area (Å²) in [6.45, 7) is -2.91. The van der Waals surface area contributed by atoms with Gasteiger partial charge in [-0.1, -0.05) is 12.1 Å². The molecule has 9 heteroatoms. The molecule has 1 heterocycles. The molecule has 27 heavy (non-hydrogen) atoms. The predicted molar refractivity (Wildman–Crippen MR) is 100 cm³/mol. The highest BCUT2D eigenvalue weighted by Crippen LogP contribution is 2.33. The normalized spacial score (nSPS) is 18.4. The van der Waals surface area contributed by atoms with Gasteiger partial charge in [0.15, 0.2) is 9.84 Å². The number of amides is 1. The van der Waals surface area contributed by atoms with Gasteiger partial charge < -0.3 is 10.1 Å². The zero-order valence-electron chi connectivity index (χ0n) is 14.1. The maximum Gasteiger partial charge on any atom is 0.387 e. The van der Waals surface area contributed by atoms with Crippen molar-refractivity contribution >= 4 is 33.2 Å². The molecule has 0 aliphatic carbocycles. The van der Waals surface area contributed by atoms with Crippen LogP contribution in [-0.4, -0.2) is 37.7 Å². The van der Waals surface area contributed by atoms with E-state index in [4.69, 9.17) is 0 Å². The van der Waals surface area contributed by atoms with Crippen LogP contribution >= 0.6 is 11.8 Å². The summed E-state index contributed by atoms with van der Waals surface area (Å²) >= 11 is 1.38. The minimum absolute atomic E-state index is 0.00129. The third kappa shape index (κ3) is 5.43. The lowest BCUT2D eigenvalue weighted by Gasteiger charge is -2.13. The van der Waals surface area contributed by atoms with Gasteiger partial charge in [-0.25, -0.2) is 8.42 Å². The monoisotopic (exact) mass is 413 g/mol. The van der Waals surface area contributed by atoms with E-state index in [1.54, 1.807) is 24.3 Å². The van der Waals surface area contributed by atoms with Crippen molar-refractivity contribution in [2.45, 2.75) is 23.2 Å². The van der Waals surface area contributed by atoms with Crippen molar-refractivity contribution in [2.24, 2.45) is 0 Å². The van der Waals surface area contributed by atoms with E-state index in [9.17, 15) is 22.0 Å². The van der Waals surface area contributed by atoms with Gasteiger partial charge in [0.25, 0.3) is 5.91 Å². The smallest absolute Gasteiger partial charge is 0.387 e. The number of hydrogen-bond acceptors (Lipinski definition) is 5. The van der Waals surface area contributed by atoms with Crippen LogP contribution in [-0.2, 0) is 9.84 Å². The minimum Gasteiger partial charge on any atom is -0.435 e. The molecule has 1 atom stereocenters. The van der Waals surface area contributed by atoms with Crippen molar-refractivity contribution < 1.29 is 26.7 Å². The maximum absolute atomic E-state index is 12.6. The lowest BCUT2D eigenvalue weighted by atomic mass is 10.2. The third-order valence-electron chi connectivity index (χ3n) is 3.95. The summed E-state index contributed by atoms with van der Waals surface area (Å²) in [6.07, 6.45) is 0.564. The summed E-state index contributed by atoms with van der Waals surface area (Å²) < 4.78 is 51.9. The second-order valence-electron chi connectivity index (χ2n) is 6.00. The highest BCUT2D eigenvalue weighted by atomic mass is 32.2. The number of carbonyl (C=O) groups is 1. The number of hydrogen-bond donors (Lipinski definition) is 1. The Bertz CT molecular complexity index is 917. The molecule has 1 aliphatic heterocycles. The number of sulfone groups is 1. The van der Waals surface area contributed by atoms with Gasteiger partial charge in [-0.2, -0.15) is 8.78 Å². The Morgan fingerprint density at radius 3 is 2.48 bits per heavy atom. The fraction of sp³-hybridized carbons (Fsp3) is 0.278. The zero-order valence-corrected chi connectivity index (χ0v) is 15.7. The quantitative estimate of drug-likeness (QED) is 0.780. The van der Waals surface area contributed by atoms with Gasteiger partial charge in [0, 0.05) is 15.8 Å². The number of thioether (sulfide) groups is 1. The molecular weight excluding hydrogens is 396 g/mol. The van der Waals surface area contributed by atoms with Gasteiger partial charge in [-0.15, -0.1) is 11.8 Å². The summed E-state index contributed by atoms with van der Waals surface area (Å²) in [5.74, 6) is -0.0754. The van der Waals surface area contributed by atoms with E-state index in [1.165, 1.54) is 36.0 Å². The van der Waals surface area contributed by atoms with Crippen molar-refractivity contribution in [2.75, 3.05) is 16.8 Å². The zero-order chi connectivity index (χ0) is 19.4. The Kier molecular flexibility index (Phi) is 6.01. The van der Waals surface area contributed by atoms with Crippen LogP contribution in [0.2, 0.25) is 0 Å². The second kappa shape index (κ2) is 8.26. The molecule has 5 nitrogen and oxygen atoms in total. The number of benzene rings is 2. The number of alkyl halides is 2. The largest absolute Gasteiger partial charge is 0.435 e. The molecule has 1 fully saturated rings. The average molecular weight is 413 g/mol. The van der Waals surface area contributed by atoms with Crippen molar-refractivity contribution in [3.63, 3.8) is 0 Å². The van der Waals surface area contributed by atoms with Crippen molar-refractivity contribution in [3.05, 3.63) is 54.1 Å². The minimum atomic E-state index is -3.00. The predicted octanol–water partition coefficient (Wildman–Crippen LogP) is 3.82. The summed E-state index contributed by atoms with van der Waals surface area (Å²) in [7, 11) is -3.00. The molecule has 2 aromatic carbocycles. The van der Waals surface area contributed by atoms with E-state index < -0.39 is 16.4 Å². The van der Waals surface area contributed by atoms with Crippen LogP contribution < -0.4 is 10.1 Å². The molecule has 0 saturated carbocycles. The van der Waals surface area contributed by atoms with Gasteiger partial charge >= 0.3 is 6.61 Å². The Labute approximate surface area is 160 Å². The average Bonchev–Trinajstić information content (AvgIpc) is 2.95. The first-order chi connectivity index (χ1) is 12.8. The molecular formula is C18H17F2NO4S2. The lowest BCUT2D eigenvalue weighted by molar-refractivity contribution is -0.0498. The first kappa shape index (κ1) is 19.6. The van der Waals surface area contributed by atoms with Gasteiger partial charge in [-0.05, 0) is 42.8 Å². The fourth-order valence-electron chi connectivity index (χ4n) is 2.71. The number of anilines is 1. The summed E-state index contributed by atoms with van der Waals surface area (Å²) in [4.78, 5) is 13.3. The van der Waals surface area contributed by atoms with Gasteiger partial charge in [0.2, 0.25) is 0 Å². The summed E-state index contributed by atoms with van der Waals surface area (Å²) in [5.41, 5.74) is 0.865. The van der Waals surface area contributed by atoms with Crippen LogP contribution in [0.1, 0.15) is 16.8 Å². The van der Waals surface area contributed by atoms with Crippen molar-refractivity contribution in [1.29, 1.82) is 0 Å². The van der Waals surface area contributed by atoms with Crippen molar-refractivity contribution in [1.82, 2.24) is 0 Å². The number of rotatable bonds is 6. The molecule has 0 unspecified atom stereocenters. The Hall–Kier alpha value is -2.13. The molecule has 1 amide bonds. The van der Waals surface area contributed by atoms with Gasteiger partial charge in [0.1, 0.15) is 5.75 Å². The van der Waals surface area contributed by atoms with Crippen LogP contribution in [0.15, 0.2) is 53.4 Å². The van der Waals surface area contributed by atoms with Gasteiger partial charge in [-0.3, -0.25) is 4.79 Å². The molecule has 1 aliphatic rings.